The van der Waals surface area contributed by atoms with E-state index in [1.54, 1.807) is 0 Å². The molecular formula is C12H21Ac7BrO10. The van der Waals surface area contributed by atoms with Gasteiger partial charge in [0, 0.05) is 308 Å². The van der Waals surface area contributed by atoms with Crippen molar-refractivity contribution in [3.05, 3.63) is 0 Å². The summed E-state index contributed by atoms with van der Waals surface area (Å²) in [5, 5.41) is 66.7. The molecule has 2 aliphatic heterocycles. The van der Waals surface area contributed by atoms with Crippen molar-refractivity contribution in [2.24, 2.45) is 0 Å². The molecule has 0 aliphatic carbocycles. The van der Waals surface area contributed by atoms with Gasteiger partial charge in [0.1, 0.15) is 53.8 Å². The average Bonchev–Trinajstić information content (AvgIpc) is 2.55. The Bertz CT molecular complexity index is 406. The van der Waals surface area contributed by atoms with Crippen LogP contribution in [-0.2, 0) is 14.2 Å². The van der Waals surface area contributed by atoms with Crippen molar-refractivity contribution in [2.45, 2.75) is 60.1 Å². The summed E-state index contributed by atoms with van der Waals surface area (Å²) in [6.07, 6.45) is -12.7. The smallest absolute Gasteiger partial charge is 0.187 e. The Morgan fingerprint density at radius 3 is 1.50 bits per heavy atom. The summed E-state index contributed by atoms with van der Waals surface area (Å²) in [5.74, 6) is 0. The third-order valence-corrected chi connectivity index (χ3v) is 4.70. The van der Waals surface area contributed by atoms with Crippen LogP contribution >= 0.6 is 15.9 Å². The van der Waals surface area contributed by atoms with Crippen LogP contribution in [0.2, 0.25) is 0 Å². The molecule has 18 heteroatoms. The monoisotopic (exact) mass is 1990 g/mol. The largest absolute Gasteiger partial charge is 0.394 e. The van der Waals surface area contributed by atoms with E-state index in [9.17, 15) is 30.6 Å². The molecule has 2 rings (SSSR count). The van der Waals surface area contributed by atoms with E-state index in [0.29, 0.717) is 0 Å². The van der Waals surface area contributed by atoms with Gasteiger partial charge < -0.3 is 50.0 Å². The molecule has 7 N–H and O–H groups in total. The van der Waals surface area contributed by atoms with Gasteiger partial charge in [0.25, 0.3) is 0 Å². The van der Waals surface area contributed by atoms with Gasteiger partial charge >= 0.3 is 0 Å². The Kier molecular flexibility index (Phi) is 49.2. The van der Waals surface area contributed by atoms with E-state index < -0.39 is 73.3 Å². The number of ether oxygens (including phenoxy) is 3. The van der Waals surface area contributed by atoms with Crippen molar-refractivity contribution in [3.8, 4) is 0 Å². The van der Waals surface area contributed by atoms with Gasteiger partial charge in [0.2, 0.25) is 0 Å². The minimum Gasteiger partial charge on any atom is -0.394 e. The van der Waals surface area contributed by atoms with Crippen LogP contribution in [0, 0.1) is 308 Å². The zero-order valence-electron chi connectivity index (χ0n) is 16.0. The summed E-state index contributed by atoms with van der Waals surface area (Å²) < 4.78 is 15.8. The van der Waals surface area contributed by atoms with Gasteiger partial charge in [-0.1, -0.05) is 15.9 Å². The van der Waals surface area contributed by atoms with Crippen LogP contribution in [0.15, 0.2) is 0 Å². The second-order valence-corrected chi connectivity index (χ2v) is 6.39. The van der Waals surface area contributed by atoms with Crippen LogP contribution < -0.4 is 0 Å². The normalized spacial score (nSPS) is 39.6. The number of aliphatic hydroxyl groups is 7. The summed E-state index contributed by atoms with van der Waals surface area (Å²) in [7, 11) is 0. The standard InChI is InChI=1S/C12H21BrO10.7Ac/c13-11-8(19)7(18)10(4(2-15)21-11)23-12-9(20)6(17)5(16)3(1-14)22-12;;;;;;;/h3-12,14-20H,1-2H2;;;;;;;. The fraction of sp³-hybridized carbons (Fsp3) is 1.00. The molecule has 2 fully saturated rings. The van der Waals surface area contributed by atoms with E-state index in [4.69, 9.17) is 19.3 Å². The minimum absolute atomic E-state index is 0. The van der Waals surface area contributed by atoms with Crippen molar-refractivity contribution in [1.82, 2.24) is 0 Å². The van der Waals surface area contributed by atoms with Gasteiger partial charge in [0.05, 0.1) is 13.2 Å². The van der Waals surface area contributed by atoms with Crippen molar-refractivity contribution in [3.63, 3.8) is 0 Å². The Labute approximate surface area is 434 Å². The Balaban J connectivity index is -0.000000206. The maximum Gasteiger partial charge on any atom is 0.187 e. The maximum absolute atomic E-state index is 10.1. The van der Waals surface area contributed by atoms with Crippen LogP contribution in [0.5, 0.6) is 0 Å². The van der Waals surface area contributed by atoms with E-state index in [1.807, 2.05) is 0 Å². The molecule has 2 aliphatic rings. The second-order valence-electron chi connectivity index (χ2n) is 5.49. The molecule has 10 atom stereocenters. The number of rotatable bonds is 4. The van der Waals surface area contributed by atoms with Crippen molar-refractivity contribution in [1.29, 1.82) is 0 Å². The zero-order valence-corrected chi connectivity index (χ0v) is 50.8. The Morgan fingerprint density at radius 2 is 1.07 bits per heavy atom. The number of hydrogen-bond donors (Lipinski definition) is 7. The third-order valence-electron chi connectivity index (χ3n) is 3.95. The first kappa shape index (κ1) is 52.8. The molecule has 0 bridgehead atoms. The molecule has 0 amide bonds. The Morgan fingerprint density at radius 1 is 0.600 bits per heavy atom. The number of hydrogen-bond acceptors (Lipinski definition) is 10. The van der Waals surface area contributed by atoms with Gasteiger partial charge in [-0.3, -0.25) is 0 Å². The van der Waals surface area contributed by atoms with E-state index in [1.165, 1.54) is 0 Å². The first-order valence-electron chi connectivity index (χ1n) is 7.04. The molecule has 2 saturated heterocycles. The van der Waals surface area contributed by atoms with E-state index in [-0.39, 0.29) is 308 Å². The molecule has 7 radical (unpaired) electrons. The predicted octanol–water partition coefficient (Wildman–Crippen LogP) is -3.99. The van der Waals surface area contributed by atoms with Gasteiger partial charge in [0.15, 0.2) is 6.29 Å². The molecule has 0 aromatic carbocycles. The van der Waals surface area contributed by atoms with E-state index in [2.05, 4.69) is 15.9 Å². The molecule has 30 heavy (non-hydrogen) atoms. The predicted molar refractivity (Wildman–Crippen MR) is 75.3 cm³/mol. The number of halogens is 1. The number of alkyl halides is 1. The summed E-state index contributed by atoms with van der Waals surface area (Å²) in [4.78, 5) is 0. The first-order valence-corrected chi connectivity index (χ1v) is 7.95. The minimum atomic E-state index is -1.67. The second kappa shape index (κ2) is 28.0. The van der Waals surface area contributed by atoms with Crippen LogP contribution in [0.3, 0.4) is 0 Å². The van der Waals surface area contributed by atoms with Crippen molar-refractivity contribution < 1.29 is 358 Å². The maximum atomic E-state index is 10.1. The molecule has 10 unspecified atom stereocenters. The first-order chi connectivity index (χ1) is 10.8. The number of aliphatic hydroxyl groups excluding tert-OH is 7. The molecule has 157 valence electrons. The van der Waals surface area contributed by atoms with E-state index in [0.717, 1.165) is 0 Å². The van der Waals surface area contributed by atoms with Gasteiger partial charge in [-0.05, 0) is 0 Å². The van der Waals surface area contributed by atoms with Crippen molar-refractivity contribution in [2.75, 3.05) is 13.2 Å². The molecular weight excluding hydrogens is 1970 g/mol. The Hall–Kier alpha value is 10.2. The summed E-state index contributed by atoms with van der Waals surface area (Å²) in [5.41, 5.74) is 0. The molecule has 0 saturated carbocycles. The summed E-state index contributed by atoms with van der Waals surface area (Å²) in [6.45, 7) is -1.18. The van der Waals surface area contributed by atoms with Gasteiger partial charge in [-0.2, -0.15) is 0 Å². The summed E-state index contributed by atoms with van der Waals surface area (Å²) >= 11 is 2.99. The molecule has 10 nitrogen and oxygen atoms in total. The molecule has 0 aromatic rings. The van der Waals surface area contributed by atoms with Crippen LogP contribution in [-0.4, -0.2) is 109 Å². The molecule has 2 heterocycles. The molecule has 0 spiro atoms. The summed E-state index contributed by atoms with van der Waals surface area (Å²) in [6, 6.07) is 0. The van der Waals surface area contributed by atoms with Crippen molar-refractivity contribution >= 4 is 15.9 Å². The third kappa shape index (κ3) is 15.6. The zero-order chi connectivity index (χ0) is 17.3. The van der Waals surface area contributed by atoms with Crippen LogP contribution in [0.1, 0.15) is 0 Å². The topological polar surface area (TPSA) is 169 Å². The van der Waals surface area contributed by atoms with Crippen LogP contribution in [0.25, 0.3) is 0 Å². The van der Waals surface area contributed by atoms with E-state index >= 15 is 0 Å². The quantitative estimate of drug-likeness (QED) is 0.138. The van der Waals surface area contributed by atoms with Gasteiger partial charge in [-0.25, -0.2) is 0 Å². The fourth-order valence-corrected chi connectivity index (χ4v) is 3.13. The van der Waals surface area contributed by atoms with Gasteiger partial charge in [-0.15, -0.1) is 0 Å². The fourth-order valence-electron chi connectivity index (χ4n) is 2.54. The molecule has 0 aromatic heterocycles. The average molecular weight is 1990 g/mol. The van der Waals surface area contributed by atoms with Crippen LogP contribution in [0.4, 0.5) is 0 Å². The SMILES string of the molecule is OCC1OC(OC2C(CO)OC(Br)C(O)C2O)C(O)C(O)C1O.[Ac].[Ac].[Ac].[Ac].[Ac].[Ac].[Ac].